The van der Waals surface area contributed by atoms with Crippen molar-refractivity contribution in [2.45, 2.75) is 45.3 Å². The van der Waals surface area contributed by atoms with E-state index in [9.17, 15) is 4.79 Å². The first-order valence-electron chi connectivity index (χ1n) is 11.1. The van der Waals surface area contributed by atoms with Gasteiger partial charge in [-0.05, 0) is 43.1 Å². The van der Waals surface area contributed by atoms with E-state index in [0.29, 0.717) is 23.4 Å². The largest absolute Gasteiger partial charge is 0.373 e. The summed E-state index contributed by atoms with van der Waals surface area (Å²) in [5.74, 6) is 1.35. The van der Waals surface area contributed by atoms with Crippen LogP contribution in [0, 0.1) is 18.3 Å². The van der Waals surface area contributed by atoms with Gasteiger partial charge < -0.3 is 14.2 Å². The van der Waals surface area contributed by atoms with Gasteiger partial charge in [-0.3, -0.25) is 9.69 Å². The molecule has 1 amide bonds. The van der Waals surface area contributed by atoms with Crippen LogP contribution in [0.4, 0.5) is 0 Å². The van der Waals surface area contributed by atoms with Gasteiger partial charge in [-0.2, -0.15) is 0 Å². The third kappa shape index (κ3) is 3.67. The van der Waals surface area contributed by atoms with Crippen molar-refractivity contribution in [3.8, 4) is 0 Å². The van der Waals surface area contributed by atoms with Gasteiger partial charge in [-0.25, -0.2) is 0 Å². The van der Waals surface area contributed by atoms with E-state index in [-0.39, 0.29) is 17.4 Å². The molecule has 0 radical (unpaired) electrons. The SMILES string of the molecule is Cc1cc(C(=O)N2CCN([C@@H]3C[C@H]4C[C@@H](c5ccccc5)OC[C@@]4(C)C3)CC2)no1. The molecule has 3 fully saturated rings. The molecule has 1 aliphatic carbocycles. The number of piperazine rings is 1. The molecular formula is C24H31N3O3. The second-order valence-corrected chi connectivity index (χ2v) is 9.54. The minimum absolute atomic E-state index is 0.0161. The quantitative estimate of drug-likeness (QED) is 0.774. The van der Waals surface area contributed by atoms with Crippen LogP contribution < -0.4 is 0 Å². The zero-order chi connectivity index (χ0) is 20.7. The number of aromatic nitrogens is 1. The maximum absolute atomic E-state index is 12.6. The van der Waals surface area contributed by atoms with Crippen molar-refractivity contribution in [2.75, 3.05) is 32.8 Å². The Labute approximate surface area is 178 Å². The minimum atomic E-state index is -0.0161. The Morgan fingerprint density at radius 2 is 1.90 bits per heavy atom. The molecule has 1 saturated carbocycles. The van der Waals surface area contributed by atoms with E-state index in [2.05, 4.69) is 47.3 Å². The van der Waals surface area contributed by atoms with Crippen LogP contribution in [0.1, 0.15) is 54.1 Å². The third-order valence-corrected chi connectivity index (χ3v) is 7.49. The summed E-state index contributed by atoms with van der Waals surface area (Å²) in [6.45, 7) is 8.44. The van der Waals surface area contributed by atoms with Crippen LogP contribution in [0.3, 0.4) is 0 Å². The Morgan fingerprint density at radius 1 is 1.13 bits per heavy atom. The number of nitrogens with zero attached hydrogens (tertiary/aromatic N) is 3. The molecule has 5 rings (SSSR count). The average molecular weight is 410 g/mol. The smallest absolute Gasteiger partial charge is 0.276 e. The molecule has 1 aromatic carbocycles. The van der Waals surface area contributed by atoms with Gasteiger partial charge in [0.25, 0.3) is 5.91 Å². The van der Waals surface area contributed by atoms with Gasteiger partial charge in [0.15, 0.2) is 5.69 Å². The maximum Gasteiger partial charge on any atom is 0.276 e. The van der Waals surface area contributed by atoms with Gasteiger partial charge in [-0.1, -0.05) is 42.4 Å². The molecule has 1 aromatic heterocycles. The molecule has 3 heterocycles. The number of rotatable bonds is 3. The van der Waals surface area contributed by atoms with E-state index in [1.807, 2.05) is 11.8 Å². The monoisotopic (exact) mass is 409 g/mol. The molecule has 0 N–H and O–H groups in total. The van der Waals surface area contributed by atoms with E-state index in [1.54, 1.807) is 6.07 Å². The van der Waals surface area contributed by atoms with Gasteiger partial charge in [0.2, 0.25) is 0 Å². The highest BCUT2D eigenvalue weighted by atomic mass is 16.5. The van der Waals surface area contributed by atoms with Crippen LogP contribution in [0.5, 0.6) is 0 Å². The molecule has 6 heteroatoms. The lowest BCUT2D eigenvalue weighted by atomic mass is 9.75. The summed E-state index contributed by atoms with van der Waals surface area (Å²) >= 11 is 0. The van der Waals surface area contributed by atoms with Gasteiger partial charge in [-0.15, -0.1) is 0 Å². The van der Waals surface area contributed by atoms with Gasteiger partial charge in [0.1, 0.15) is 5.76 Å². The number of hydrogen-bond donors (Lipinski definition) is 0. The lowest BCUT2D eigenvalue weighted by molar-refractivity contribution is -0.0819. The first-order chi connectivity index (χ1) is 14.5. The fraction of sp³-hybridized carbons (Fsp3) is 0.583. The van der Waals surface area contributed by atoms with E-state index >= 15 is 0 Å². The maximum atomic E-state index is 12.6. The van der Waals surface area contributed by atoms with Crippen molar-refractivity contribution in [1.82, 2.24) is 15.0 Å². The highest BCUT2D eigenvalue weighted by molar-refractivity contribution is 5.92. The number of carbonyl (C=O) groups excluding carboxylic acids is 1. The molecule has 4 atom stereocenters. The summed E-state index contributed by atoms with van der Waals surface area (Å²) in [7, 11) is 0. The van der Waals surface area contributed by atoms with Gasteiger partial charge >= 0.3 is 0 Å². The third-order valence-electron chi connectivity index (χ3n) is 7.49. The molecule has 160 valence electrons. The number of aryl methyl sites for hydroxylation is 1. The number of amides is 1. The van der Waals surface area contributed by atoms with E-state index < -0.39 is 0 Å². The summed E-state index contributed by atoms with van der Waals surface area (Å²) in [6.07, 6.45) is 3.76. The van der Waals surface area contributed by atoms with Gasteiger partial charge in [0.05, 0.1) is 12.7 Å². The number of benzene rings is 1. The molecule has 0 bridgehead atoms. The average Bonchev–Trinajstić information content (AvgIpc) is 3.36. The number of ether oxygens (including phenoxy) is 1. The summed E-state index contributed by atoms with van der Waals surface area (Å²) in [6, 6.07) is 13.0. The first-order valence-corrected chi connectivity index (χ1v) is 11.1. The zero-order valence-corrected chi connectivity index (χ0v) is 17.9. The number of hydrogen-bond acceptors (Lipinski definition) is 5. The van der Waals surface area contributed by atoms with Crippen molar-refractivity contribution >= 4 is 5.91 Å². The predicted octanol–water partition coefficient (Wildman–Crippen LogP) is 3.69. The zero-order valence-electron chi connectivity index (χ0n) is 17.9. The molecular weight excluding hydrogens is 378 g/mol. The molecule has 0 unspecified atom stereocenters. The Balaban J connectivity index is 1.19. The summed E-state index contributed by atoms with van der Waals surface area (Å²) in [5, 5.41) is 3.88. The standard InChI is InChI=1S/C24H31N3O3/c1-17-12-21(25-30-17)23(28)27-10-8-26(9-11-27)20-13-19-14-22(18-6-4-3-5-7-18)29-16-24(19,2)15-20/h3-7,12,19-20,22H,8-11,13-16H2,1-2H3/t19-,20+,22-,24+/m0/s1. The molecule has 2 saturated heterocycles. The Morgan fingerprint density at radius 3 is 2.60 bits per heavy atom. The molecule has 3 aliphatic rings. The lowest BCUT2D eigenvalue weighted by Crippen LogP contribution is -2.51. The number of fused-ring (bicyclic) bond motifs is 1. The van der Waals surface area contributed by atoms with Crippen LogP contribution in [0.2, 0.25) is 0 Å². The van der Waals surface area contributed by atoms with Gasteiger partial charge in [0, 0.05) is 38.3 Å². The molecule has 2 aliphatic heterocycles. The van der Waals surface area contributed by atoms with Crippen molar-refractivity contribution in [3.05, 3.63) is 53.4 Å². The van der Waals surface area contributed by atoms with Crippen LogP contribution >= 0.6 is 0 Å². The van der Waals surface area contributed by atoms with Crippen molar-refractivity contribution in [2.24, 2.45) is 11.3 Å². The van der Waals surface area contributed by atoms with Crippen LogP contribution in [-0.2, 0) is 4.74 Å². The Kier molecular flexibility index (Phi) is 5.15. The fourth-order valence-electron chi connectivity index (χ4n) is 5.67. The fourth-order valence-corrected chi connectivity index (χ4v) is 5.67. The normalized spacial score (nSPS) is 32.2. The Hall–Kier alpha value is -2.18. The predicted molar refractivity (Wildman–Crippen MR) is 113 cm³/mol. The second-order valence-electron chi connectivity index (χ2n) is 9.54. The highest BCUT2D eigenvalue weighted by Crippen LogP contribution is 2.52. The van der Waals surface area contributed by atoms with Crippen molar-refractivity contribution in [1.29, 1.82) is 0 Å². The molecule has 30 heavy (non-hydrogen) atoms. The first kappa shape index (κ1) is 19.8. The number of carbonyl (C=O) groups is 1. The van der Waals surface area contributed by atoms with Crippen LogP contribution in [0.15, 0.2) is 40.9 Å². The van der Waals surface area contributed by atoms with Crippen molar-refractivity contribution in [3.63, 3.8) is 0 Å². The van der Waals surface area contributed by atoms with E-state index in [0.717, 1.165) is 39.2 Å². The van der Waals surface area contributed by atoms with E-state index in [1.165, 1.54) is 18.4 Å². The minimum Gasteiger partial charge on any atom is -0.373 e. The Bertz CT molecular complexity index is 890. The summed E-state index contributed by atoms with van der Waals surface area (Å²) in [4.78, 5) is 17.1. The lowest BCUT2D eigenvalue weighted by Gasteiger charge is -2.40. The molecule has 0 spiro atoms. The summed E-state index contributed by atoms with van der Waals surface area (Å²) < 4.78 is 11.4. The summed E-state index contributed by atoms with van der Waals surface area (Å²) in [5.41, 5.74) is 1.99. The molecule has 6 nitrogen and oxygen atoms in total. The second kappa shape index (κ2) is 7.82. The molecule has 2 aromatic rings. The van der Waals surface area contributed by atoms with Crippen LogP contribution in [0.25, 0.3) is 0 Å². The van der Waals surface area contributed by atoms with E-state index in [4.69, 9.17) is 9.26 Å². The van der Waals surface area contributed by atoms with Crippen molar-refractivity contribution < 1.29 is 14.1 Å². The highest BCUT2D eigenvalue weighted by Gasteiger charge is 2.49. The topological polar surface area (TPSA) is 58.8 Å². The van der Waals surface area contributed by atoms with Crippen LogP contribution in [-0.4, -0.2) is 59.7 Å².